The van der Waals surface area contributed by atoms with Gasteiger partial charge in [-0.3, -0.25) is 0 Å². The third kappa shape index (κ3) is 13.7. The highest BCUT2D eigenvalue weighted by Gasteiger charge is 2.20. The summed E-state index contributed by atoms with van der Waals surface area (Å²) >= 11 is 0. The fraction of sp³-hybridized carbons (Fsp3) is 0.625. The molecule has 2 aromatic carbocycles. The average Bonchev–Trinajstić information content (AvgIpc) is 3.41. The molecule has 0 radical (unpaired) electrons. The van der Waals surface area contributed by atoms with Gasteiger partial charge in [-0.2, -0.15) is 0 Å². The molecular weight excluding hydrogens is 508 g/mol. The number of hydrogen-bond acceptors (Lipinski definition) is 0. The Balaban J connectivity index is 1.35. The normalized spacial score (nSPS) is 12.1. The van der Waals surface area contributed by atoms with Crippen molar-refractivity contribution in [3.05, 3.63) is 90.0 Å². The molecule has 0 aliphatic rings. The maximum absolute atomic E-state index is 2.57. The van der Waals surface area contributed by atoms with E-state index in [1.807, 2.05) is 0 Å². The zero-order valence-electron chi connectivity index (χ0n) is 27.5. The number of aromatic nitrogens is 2. The number of unbranched alkanes of at least 4 members (excludes halogenated alkanes) is 15. The van der Waals surface area contributed by atoms with Crippen LogP contribution >= 0.6 is 0 Å². The minimum absolute atomic E-state index is 0.544. The third-order valence-electron chi connectivity index (χ3n) is 9.12. The summed E-state index contributed by atoms with van der Waals surface area (Å²) < 4.78 is 5.10. The quantitative estimate of drug-likeness (QED) is 0.0706. The molecule has 1 aromatic heterocycles. The number of hydrogen-bond donors (Lipinski definition) is 0. The van der Waals surface area contributed by atoms with Crippen molar-refractivity contribution in [2.45, 2.75) is 161 Å². The molecule has 2 heteroatoms. The second-order valence-corrected chi connectivity index (χ2v) is 12.7. The number of rotatable bonds is 25. The van der Waals surface area contributed by atoms with Crippen LogP contribution < -0.4 is 4.57 Å². The van der Waals surface area contributed by atoms with Gasteiger partial charge in [-0.05, 0) is 49.1 Å². The van der Waals surface area contributed by atoms with Crippen molar-refractivity contribution >= 4 is 0 Å². The molecular formula is C40H63N2+. The first-order valence-corrected chi connectivity index (χ1v) is 18.0. The molecule has 0 amide bonds. The first kappa shape index (κ1) is 34.1. The molecule has 0 bridgehead atoms. The summed E-state index contributed by atoms with van der Waals surface area (Å²) in [6.45, 7) is 6.89. The molecule has 0 aliphatic heterocycles. The predicted molar refractivity (Wildman–Crippen MR) is 182 cm³/mol. The van der Waals surface area contributed by atoms with E-state index in [0.717, 1.165) is 19.4 Å². The molecule has 0 aliphatic carbocycles. The van der Waals surface area contributed by atoms with Crippen molar-refractivity contribution in [3.63, 3.8) is 0 Å². The Labute approximate surface area is 260 Å². The molecule has 3 rings (SSSR count). The lowest BCUT2D eigenvalue weighted by Crippen LogP contribution is -2.37. The monoisotopic (exact) mass is 571 g/mol. The van der Waals surface area contributed by atoms with Gasteiger partial charge in [0.05, 0.1) is 13.1 Å². The summed E-state index contributed by atoms with van der Waals surface area (Å²) in [6.07, 6.45) is 32.1. The van der Waals surface area contributed by atoms with Gasteiger partial charge in [0.25, 0.3) is 5.82 Å². The van der Waals surface area contributed by atoms with Gasteiger partial charge in [-0.25, -0.2) is 9.13 Å². The van der Waals surface area contributed by atoms with Gasteiger partial charge in [0.15, 0.2) is 0 Å². The lowest BCUT2D eigenvalue weighted by Gasteiger charge is -2.17. The van der Waals surface area contributed by atoms with E-state index in [-0.39, 0.29) is 0 Å². The molecule has 232 valence electrons. The summed E-state index contributed by atoms with van der Waals surface area (Å²) in [5.41, 5.74) is 2.91. The Morgan fingerprint density at radius 2 is 1.12 bits per heavy atom. The molecule has 0 unspecified atom stereocenters. The fourth-order valence-electron chi connectivity index (χ4n) is 6.58. The van der Waals surface area contributed by atoms with Crippen molar-refractivity contribution < 1.29 is 4.57 Å². The first-order chi connectivity index (χ1) is 20.8. The molecule has 42 heavy (non-hydrogen) atoms. The van der Waals surface area contributed by atoms with Gasteiger partial charge >= 0.3 is 0 Å². The van der Waals surface area contributed by atoms with E-state index in [9.17, 15) is 0 Å². The van der Waals surface area contributed by atoms with Crippen molar-refractivity contribution in [1.29, 1.82) is 0 Å². The van der Waals surface area contributed by atoms with Gasteiger partial charge in [-0.1, -0.05) is 164 Å². The molecule has 0 fully saturated rings. The summed E-state index contributed by atoms with van der Waals surface area (Å²) in [5, 5.41) is 0. The lowest BCUT2D eigenvalue weighted by atomic mass is 9.88. The number of imidazole rings is 1. The van der Waals surface area contributed by atoms with Crippen molar-refractivity contribution in [2.75, 3.05) is 0 Å². The Bertz CT molecular complexity index is 1020. The maximum Gasteiger partial charge on any atom is 0.256 e. The van der Waals surface area contributed by atoms with Gasteiger partial charge in [-0.15, -0.1) is 0 Å². The molecule has 0 spiro atoms. The van der Waals surface area contributed by atoms with Gasteiger partial charge in [0.2, 0.25) is 0 Å². The maximum atomic E-state index is 2.57. The molecule has 1 atom stereocenters. The molecule has 2 nitrogen and oxygen atoms in total. The average molecular weight is 572 g/mol. The van der Waals surface area contributed by atoms with Crippen LogP contribution in [0.3, 0.4) is 0 Å². The zero-order valence-corrected chi connectivity index (χ0v) is 27.5. The molecule has 0 saturated carbocycles. The van der Waals surface area contributed by atoms with Gasteiger partial charge in [0, 0.05) is 6.42 Å². The van der Waals surface area contributed by atoms with Crippen molar-refractivity contribution in [3.8, 4) is 0 Å². The standard InChI is InChI=1S/C40H63N2/c1-3-5-6-7-8-9-10-11-12-13-14-15-16-17-18-25-33-42-35-34-41(32-4-2)40(42)31-30-39(38-28-23-20-24-29-38)36-37-26-21-19-22-27-37/h19-24,26-29,34-35,39H,3-18,25,30-33,36H2,1-2H3/q+1/t39-/m0/s1. The van der Waals surface area contributed by atoms with Crippen LogP contribution in [0.25, 0.3) is 0 Å². The molecule has 3 aromatic rings. The van der Waals surface area contributed by atoms with E-state index in [1.165, 1.54) is 139 Å². The largest absolute Gasteiger partial charge is 0.256 e. The highest BCUT2D eigenvalue weighted by molar-refractivity contribution is 5.24. The van der Waals surface area contributed by atoms with E-state index in [2.05, 4.69) is 96.0 Å². The Morgan fingerprint density at radius 3 is 1.67 bits per heavy atom. The molecule has 0 saturated heterocycles. The van der Waals surface area contributed by atoms with E-state index in [1.54, 1.807) is 0 Å². The molecule has 1 heterocycles. The van der Waals surface area contributed by atoms with Crippen LogP contribution in [0, 0.1) is 0 Å². The highest BCUT2D eigenvalue weighted by Crippen LogP contribution is 2.26. The second kappa shape index (κ2) is 22.2. The zero-order chi connectivity index (χ0) is 29.5. The van der Waals surface area contributed by atoms with Gasteiger partial charge in [0.1, 0.15) is 12.4 Å². The highest BCUT2D eigenvalue weighted by atomic mass is 15.1. The van der Waals surface area contributed by atoms with Crippen LogP contribution in [0.4, 0.5) is 0 Å². The first-order valence-electron chi connectivity index (χ1n) is 18.0. The lowest BCUT2D eigenvalue weighted by molar-refractivity contribution is -0.703. The van der Waals surface area contributed by atoms with Crippen LogP contribution in [-0.4, -0.2) is 4.57 Å². The smallest absolute Gasteiger partial charge is 0.234 e. The summed E-state index contributed by atoms with van der Waals surface area (Å²) in [6, 6.07) is 22.2. The van der Waals surface area contributed by atoms with Crippen LogP contribution in [0.1, 0.15) is 152 Å². The Hall–Kier alpha value is -2.35. The van der Waals surface area contributed by atoms with Gasteiger partial charge < -0.3 is 0 Å². The van der Waals surface area contributed by atoms with Crippen LogP contribution in [0.5, 0.6) is 0 Å². The van der Waals surface area contributed by atoms with Crippen molar-refractivity contribution in [1.82, 2.24) is 4.57 Å². The fourth-order valence-corrected chi connectivity index (χ4v) is 6.58. The van der Waals surface area contributed by atoms with E-state index in [4.69, 9.17) is 0 Å². The third-order valence-corrected chi connectivity index (χ3v) is 9.12. The minimum Gasteiger partial charge on any atom is -0.234 e. The Morgan fingerprint density at radius 1 is 0.595 bits per heavy atom. The topological polar surface area (TPSA) is 8.81 Å². The predicted octanol–water partition coefficient (Wildman–Crippen LogP) is 11.4. The summed E-state index contributed by atoms with van der Waals surface area (Å²) in [7, 11) is 0. The van der Waals surface area contributed by atoms with Crippen LogP contribution in [0.2, 0.25) is 0 Å². The summed E-state index contributed by atoms with van der Waals surface area (Å²) in [4.78, 5) is 0. The van der Waals surface area contributed by atoms with Crippen molar-refractivity contribution in [2.24, 2.45) is 0 Å². The number of aryl methyl sites for hydroxylation is 2. The number of nitrogens with zero attached hydrogens (tertiary/aromatic N) is 2. The van der Waals surface area contributed by atoms with E-state index in [0.29, 0.717) is 5.92 Å². The Kier molecular flexibility index (Phi) is 18.1. The van der Waals surface area contributed by atoms with E-state index >= 15 is 0 Å². The summed E-state index contributed by atoms with van der Waals surface area (Å²) in [5.74, 6) is 2.06. The second-order valence-electron chi connectivity index (χ2n) is 12.7. The molecule has 0 N–H and O–H groups in total. The minimum atomic E-state index is 0.544. The van der Waals surface area contributed by atoms with E-state index < -0.39 is 0 Å². The SMILES string of the molecule is CCCCCCCCCCCCCCCCCCn1cc[n+](CCC)c1CC[C@@H](Cc1ccccc1)c1ccccc1. The van der Waals surface area contributed by atoms with Crippen LogP contribution in [-0.2, 0) is 25.9 Å². The van der Waals surface area contributed by atoms with Crippen LogP contribution in [0.15, 0.2) is 73.1 Å². The number of benzene rings is 2.